The van der Waals surface area contributed by atoms with E-state index in [2.05, 4.69) is 4.98 Å². The summed E-state index contributed by atoms with van der Waals surface area (Å²) in [5.41, 5.74) is 2.50. The molecular formula is C19H22N2O4. The van der Waals surface area contributed by atoms with Gasteiger partial charge >= 0.3 is 0 Å². The molecule has 0 N–H and O–H groups in total. The Bertz CT molecular complexity index is 731. The molecule has 2 fully saturated rings. The standard InChI is InChI=1S/C19H22N2O4/c1-13-3-2-4-15(20-13)12-25-17-6-5-16-18(17)24-10-8-21(16)19(22)14-7-9-23-11-14/h2-4,7,9,11,16-18H,5-6,8,10,12H2,1H3/t16-,17+,18+/m0/s1. The molecule has 1 saturated heterocycles. The number of pyridine rings is 1. The molecule has 132 valence electrons. The first-order valence-corrected chi connectivity index (χ1v) is 8.71. The molecule has 4 rings (SSSR count). The van der Waals surface area contributed by atoms with Gasteiger partial charge in [0.1, 0.15) is 12.4 Å². The smallest absolute Gasteiger partial charge is 0.257 e. The maximum Gasteiger partial charge on any atom is 0.257 e. The van der Waals surface area contributed by atoms with Gasteiger partial charge < -0.3 is 18.8 Å². The van der Waals surface area contributed by atoms with Gasteiger partial charge in [0.05, 0.1) is 42.9 Å². The van der Waals surface area contributed by atoms with Gasteiger partial charge in [0.25, 0.3) is 5.91 Å². The van der Waals surface area contributed by atoms with Gasteiger partial charge in [-0.1, -0.05) is 6.07 Å². The van der Waals surface area contributed by atoms with Gasteiger partial charge in [-0.25, -0.2) is 0 Å². The third-order valence-electron chi connectivity index (χ3n) is 4.96. The van der Waals surface area contributed by atoms with Crippen LogP contribution in [0.4, 0.5) is 0 Å². The van der Waals surface area contributed by atoms with Crippen LogP contribution in [0.5, 0.6) is 0 Å². The zero-order chi connectivity index (χ0) is 17.2. The fourth-order valence-electron chi connectivity index (χ4n) is 3.77. The maximum absolute atomic E-state index is 12.7. The number of hydrogen-bond acceptors (Lipinski definition) is 5. The van der Waals surface area contributed by atoms with Crippen LogP contribution < -0.4 is 0 Å². The number of rotatable bonds is 4. The fourth-order valence-corrected chi connectivity index (χ4v) is 3.77. The normalized spacial score (nSPS) is 25.8. The Kier molecular flexibility index (Phi) is 4.55. The molecule has 3 atom stereocenters. The quantitative estimate of drug-likeness (QED) is 0.854. The van der Waals surface area contributed by atoms with Crippen LogP contribution in [0.15, 0.2) is 41.2 Å². The summed E-state index contributed by atoms with van der Waals surface area (Å²) in [5, 5.41) is 0. The molecule has 0 bridgehead atoms. The van der Waals surface area contributed by atoms with Crippen LogP contribution in [-0.4, -0.2) is 47.2 Å². The summed E-state index contributed by atoms with van der Waals surface area (Å²) in [6.07, 6.45) is 4.72. The van der Waals surface area contributed by atoms with Crippen molar-refractivity contribution in [3.63, 3.8) is 0 Å². The van der Waals surface area contributed by atoms with Gasteiger partial charge in [0.15, 0.2) is 0 Å². The van der Waals surface area contributed by atoms with Gasteiger partial charge in [-0.05, 0) is 38.0 Å². The van der Waals surface area contributed by atoms with Crippen LogP contribution in [-0.2, 0) is 16.1 Å². The maximum atomic E-state index is 12.7. The Morgan fingerprint density at radius 1 is 1.36 bits per heavy atom. The summed E-state index contributed by atoms with van der Waals surface area (Å²) in [6, 6.07) is 7.70. The Morgan fingerprint density at radius 2 is 2.28 bits per heavy atom. The second-order valence-electron chi connectivity index (χ2n) is 6.61. The Hall–Kier alpha value is -2.18. The van der Waals surface area contributed by atoms with Crippen molar-refractivity contribution in [2.24, 2.45) is 0 Å². The zero-order valence-electron chi connectivity index (χ0n) is 14.3. The average Bonchev–Trinajstić information content (AvgIpc) is 3.29. The molecule has 25 heavy (non-hydrogen) atoms. The molecule has 1 amide bonds. The predicted molar refractivity (Wildman–Crippen MR) is 90.1 cm³/mol. The van der Waals surface area contributed by atoms with E-state index in [4.69, 9.17) is 13.9 Å². The SMILES string of the molecule is Cc1cccc(CO[C@@H]2CC[C@H]3[C@H]2OCCN3C(=O)c2ccoc2)n1. The van der Waals surface area contributed by atoms with Crippen molar-refractivity contribution in [1.29, 1.82) is 0 Å². The van der Waals surface area contributed by atoms with Crippen LogP contribution in [0, 0.1) is 6.92 Å². The van der Waals surface area contributed by atoms with Crippen molar-refractivity contribution >= 4 is 5.91 Å². The lowest BCUT2D eigenvalue weighted by Gasteiger charge is -2.38. The van der Waals surface area contributed by atoms with Crippen molar-refractivity contribution in [2.75, 3.05) is 13.2 Å². The second kappa shape index (κ2) is 6.98. The van der Waals surface area contributed by atoms with E-state index >= 15 is 0 Å². The second-order valence-corrected chi connectivity index (χ2v) is 6.61. The summed E-state index contributed by atoms with van der Waals surface area (Å²) < 4.78 is 17.1. The molecule has 2 aromatic rings. The van der Waals surface area contributed by atoms with E-state index in [1.165, 1.54) is 12.5 Å². The molecule has 1 aliphatic carbocycles. The minimum atomic E-state index is -0.0746. The Labute approximate surface area is 146 Å². The third kappa shape index (κ3) is 3.32. The number of carbonyl (C=O) groups is 1. The number of aromatic nitrogens is 1. The largest absolute Gasteiger partial charge is 0.472 e. The summed E-state index contributed by atoms with van der Waals surface area (Å²) in [6.45, 7) is 3.58. The van der Waals surface area contributed by atoms with E-state index in [1.807, 2.05) is 30.0 Å². The van der Waals surface area contributed by atoms with Crippen molar-refractivity contribution in [3.05, 3.63) is 53.7 Å². The molecule has 6 heteroatoms. The molecule has 1 saturated carbocycles. The number of amides is 1. The Balaban J connectivity index is 1.41. The molecule has 2 aromatic heterocycles. The molecule has 1 aliphatic heterocycles. The number of aryl methyl sites for hydroxylation is 1. The number of morpholine rings is 1. The van der Waals surface area contributed by atoms with Crippen molar-refractivity contribution in [2.45, 2.75) is 44.6 Å². The van der Waals surface area contributed by atoms with E-state index in [-0.39, 0.29) is 24.2 Å². The lowest BCUT2D eigenvalue weighted by molar-refractivity contribution is -0.109. The first-order valence-electron chi connectivity index (χ1n) is 8.71. The highest BCUT2D eigenvalue weighted by molar-refractivity contribution is 5.94. The van der Waals surface area contributed by atoms with Crippen LogP contribution in [0.1, 0.15) is 34.6 Å². The van der Waals surface area contributed by atoms with Crippen LogP contribution >= 0.6 is 0 Å². The van der Waals surface area contributed by atoms with Gasteiger partial charge in [0.2, 0.25) is 0 Å². The monoisotopic (exact) mass is 342 g/mol. The average molecular weight is 342 g/mol. The third-order valence-corrected chi connectivity index (χ3v) is 4.96. The van der Waals surface area contributed by atoms with Crippen molar-refractivity contribution in [3.8, 4) is 0 Å². The highest BCUT2D eigenvalue weighted by Crippen LogP contribution is 2.33. The van der Waals surface area contributed by atoms with Crippen LogP contribution in [0.25, 0.3) is 0 Å². The first-order chi connectivity index (χ1) is 12.2. The van der Waals surface area contributed by atoms with Gasteiger partial charge in [0, 0.05) is 12.2 Å². The summed E-state index contributed by atoms with van der Waals surface area (Å²) in [4.78, 5) is 19.1. The van der Waals surface area contributed by atoms with Crippen molar-refractivity contribution < 1.29 is 18.7 Å². The molecule has 6 nitrogen and oxygen atoms in total. The number of fused-ring (bicyclic) bond motifs is 1. The van der Waals surface area contributed by atoms with E-state index in [0.29, 0.717) is 25.3 Å². The molecule has 0 aromatic carbocycles. The van der Waals surface area contributed by atoms with E-state index in [1.54, 1.807) is 6.07 Å². The lowest BCUT2D eigenvalue weighted by atomic mass is 10.1. The van der Waals surface area contributed by atoms with Crippen molar-refractivity contribution in [1.82, 2.24) is 9.88 Å². The van der Waals surface area contributed by atoms with Crippen LogP contribution in [0.3, 0.4) is 0 Å². The number of hydrogen-bond donors (Lipinski definition) is 0. The zero-order valence-corrected chi connectivity index (χ0v) is 14.3. The summed E-state index contributed by atoms with van der Waals surface area (Å²) in [5.74, 6) is 0.00745. The number of carbonyl (C=O) groups excluding carboxylic acids is 1. The summed E-state index contributed by atoms with van der Waals surface area (Å²) in [7, 11) is 0. The van der Waals surface area contributed by atoms with Gasteiger partial charge in [-0.3, -0.25) is 9.78 Å². The molecule has 3 heterocycles. The molecule has 0 radical (unpaired) electrons. The van der Waals surface area contributed by atoms with E-state index in [0.717, 1.165) is 24.2 Å². The highest BCUT2D eigenvalue weighted by atomic mass is 16.5. The van der Waals surface area contributed by atoms with Gasteiger partial charge in [-0.15, -0.1) is 0 Å². The molecule has 0 spiro atoms. The van der Waals surface area contributed by atoms with E-state index < -0.39 is 0 Å². The number of furan rings is 1. The minimum Gasteiger partial charge on any atom is -0.472 e. The molecule has 2 aliphatic rings. The van der Waals surface area contributed by atoms with E-state index in [9.17, 15) is 4.79 Å². The van der Waals surface area contributed by atoms with Crippen LogP contribution in [0.2, 0.25) is 0 Å². The van der Waals surface area contributed by atoms with Gasteiger partial charge in [-0.2, -0.15) is 0 Å². The first kappa shape index (κ1) is 16.3. The fraction of sp³-hybridized carbons (Fsp3) is 0.474. The number of nitrogens with zero attached hydrogens (tertiary/aromatic N) is 2. The number of ether oxygens (including phenoxy) is 2. The summed E-state index contributed by atoms with van der Waals surface area (Å²) >= 11 is 0. The molecule has 0 unspecified atom stereocenters. The molecular weight excluding hydrogens is 320 g/mol. The predicted octanol–water partition coefficient (Wildman–Crippen LogP) is 2.57. The topological polar surface area (TPSA) is 64.8 Å². The highest BCUT2D eigenvalue weighted by Gasteiger charge is 2.45. The lowest BCUT2D eigenvalue weighted by Crippen LogP contribution is -2.53. The Morgan fingerprint density at radius 3 is 3.08 bits per heavy atom. The minimum absolute atomic E-state index is 0.00716.